The number of piperidine rings is 1. The lowest BCUT2D eigenvalue weighted by molar-refractivity contribution is 0.186. The minimum Gasteiger partial charge on any atom is -0.325 e. The van der Waals surface area contributed by atoms with Gasteiger partial charge in [-0.05, 0) is 37.0 Å². The van der Waals surface area contributed by atoms with Crippen LogP contribution >= 0.6 is 15.9 Å². The lowest BCUT2D eigenvalue weighted by Gasteiger charge is -2.30. The van der Waals surface area contributed by atoms with Crippen LogP contribution in [0.1, 0.15) is 25.3 Å². The molecule has 0 radical (unpaired) electrons. The van der Waals surface area contributed by atoms with Crippen molar-refractivity contribution in [3.63, 3.8) is 0 Å². The average Bonchev–Trinajstić information content (AvgIpc) is 2.41. The number of carbonyl (C=O) groups is 1. The third-order valence-electron chi connectivity index (χ3n) is 3.41. The molecule has 1 fully saturated rings. The van der Waals surface area contributed by atoms with Crippen LogP contribution in [0.3, 0.4) is 0 Å². The summed E-state index contributed by atoms with van der Waals surface area (Å²) in [5, 5.41) is 11.9. The summed E-state index contributed by atoms with van der Waals surface area (Å²) in [6.07, 6.45) is 2.08. The Morgan fingerprint density at radius 3 is 2.79 bits per heavy atom. The summed E-state index contributed by atoms with van der Waals surface area (Å²) >= 11 is 3.31. The van der Waals surface area contributed by atoms with Crippen LogP contribution in [-0.4, -0.2) is 24.0 Å². The topological polar surface area (TPSA) is 56.1 Å². The third-order valence-corrected chi connectivity index (χ3v) is 3.91. The van der Waals surface area contributed by atoms with Gasteiger partial charge in [-0.3, -0.25) is 0 Å². The number of halogens is 1. The van der Waals surface area contributed by atoms with Crippen LogP contribution in [0.25, 0.3) is 0 Å². The zero-order valence-corrected chi connectivity index (χ0v) is 12.4. The second-order valence-corrected chi connectivity index (χ2v) is 5.82. The van der Waals surface area contributed by atoms with Crippen LogP contribution in [0.2, 0.25) is 0 Å². The standard InChI is InChI=1S/C14H16BrN3O/c1-10-4-6-18(7-5-10)14(19)17-13-3-2-12(15)8-11(13)9-16/h2-3,8,10H,4-7H2,1H3,(H,17,19). The van der Waals surface area contributed by atoms with E-state index in [-0.39, 0.29) is 6.03 Å². The fourth-order valence-corrected chi connectivity index (χ4v) is 2.48. The van der Waals surface area contributed by atoms with E-state index < -0.39 is 0 Å². The Morgan fingerprint density at radius 2 is 2.16 bits per heavy atom. The molecule has 1 aromatic carbocycles. The number of hydrogen-bond acceptors (Lipinski definition) is 2. The maximum absolute atomic E-state index is 12.1. The number of nitrogens with zero attached hydrogens (tertiary/aromatic N) is 2. The van der Waals surface area contributed by atoms with Gasteiger partial charge in [0, 0.05) is 17.6 Å². The van der Waals surface area contributed by atoms with E-state index in [0.717, 1.165) is 30.4 Å². The number of nitriles is 1. The molecule has 1 N–H and O–H groups in total. The molecule has 1 aliphatic rings. The normalized spacial score (nSPS) is 15.9. The molecular weight excluding hydrogens is 306 g/mol. The molecule has 5 heteroatoms. The molecule has 0 aliphatic carbocycles. The van der Waals surface area contributed by atoms with Crippen molar-refractivity contribution in [2.24, 2.45) is 5.92 Å². The van der Waals surface area contributed by atoms with E-state index >= 15 is 0 Å². The monoisotopic (exact) mass is 321 g/mol. The summed E-state index contributed by atoms with van der Waals surface area (Å²) in [5.74, 6) is 0.686. The summed E-state index contributed by atoms with van der Waals surface area (Å²) in [7, 11) is 0. The highest BCUT2D eigenvalue weighted by atomic mass is 79.9. The van der Waals surface area contributed by atoms with E-state index in [1.54, 1.807) is 12.1 Å². The van der Waals surface area contributed by atoms with Gasteiger partial charge in [-0.15, -0.1) is 0 Å². The molecule has 0 unspecified atom stereocenters. The van der Waals surface area contributed by atoms with Crippen molar-refractivity contribution in [1.82, 2.24) is 4.90 Å². The first kappa shape index (κ1) is 13.9. The van der Waals surface area contributed by atoms with Crippen LogP contribution in [0.5, 0.6) is 0 Å². The maximum Gasteiger partial charge on any atom is 0.321 e. The molecule has 0 bridgehead atoms. The van der Waals surface area contributed by atoms with Gasteiger partial charge in [0.1, 0.15) is 6.07 Å². The van der Waals surface area contributed by atoms with Crippen LogP contribution < -0.4 is 5.32 Å². The summed E-state index contributed by atoms with van der Waals surface area (Å²) in [4.78, 5) is 13.9. The lowest BCUT2D eigenvalue weighted by Crippen LogP contribution is -2.40. The first-order valence-corrected chi connectivity index (χ1v) is 7.15. The molecular formula is C14H16BrN3O. The predicted octanol–water partition coefficient (Wildman–Crippen LogP) is 3.58. The SMILES string of the molecule is CC1CCN(C(=O)Nc2ccc(Br)cc2C#N)CC1. The molecule has 1 aromatic rings. The third kappa shape index (κ3) is 3.48. The van der Waals surface area contributed by atoms with Crippen LogP contribution in [0.15, 0.2) is 22.7 Å². The van der Waals surface area contributed by atoms with Gasteiger partial charge in [-0.25, -0.2) is 4.79 Å². The Kier molecular flexibility index (Phi) is 4.43. The van der Waals surface area contributed by atoms with Gasteiger partial charge >= 0.3 is 6.03 Å². The van der Waals surface area contributed by atoms with Crippen molar-refractivity contribution in [2.75, 3.05) is 18.4 Å². The number of nitrogens with one attached hydrogen (secondary N) is 1. The first-order chi connectivity index (χ1) is 9.10. The highest BCUT2D eigenvalue weighted by Gasteiger charge is 2.20. The molecule has 0 saturated carbocycles. The summed E-state index contributed by atoms with van der Waals surface area (Å²) < 4.78 is 0.828. The molecule has 0 atom stereocenters. The molecule has 2 rings (SSSR count). The zero-order chi connectivity index (χ0) is 13.8. The smallest absolute Gasteiger partial charge is 0.321 e. The van der Waals surface area contributed by atoms with E-state index in [1.807, 2.05) is 11.0 Å². The van der Waals surface area contributed by atoms with Gasteiger partial charge in [0.05, 0.1) is 11.3 Å². The van der Waals surface area contributed by atoms with Crippen molar-refractivity contribution in [1.29, 1.82) is 5.26 Å². The van der Waals surface area contributed by atoms with Crippen LogP contribution in [0, 0.1) is 17.2 Å². The van der Waals surface area contributed by atoms with E-state index in [0.29, 0.717) is 17.2 Å². The fraction of sp³-hybridized carbons (Fsp3) is 0.429. The van der Waals surface area contributed by atoms with E-state index in [1.165, 1.54) is 0 Å². The number of rotatable bonds is 1. The Bertz CT molecular complexity index is 516. The van der Waals surface area contributed by atoms with Crippen molar-refractivity contribution in [2.45, 2.75) is 19.8 Å². The molecule has 0 spiro atoms. The number of anilines is 1. The molecule has 1 heterocycles. The van der Waals surface area contributed by atoms with E-state index in [2.05, 4.69) is 34.2 Å². The number of likely N-dealkylation sites (tertiary alicyclic amines) is 1. The fourth-order valence-electron chi connectivity index (χ4n) is 2.12. The van der Waals surface area contributed by atoms with Gasteiger partial charge in [-0.1, -0.05) is 22.9 Å². The number of urea groups is 1. The van der Waals surface area contributed by atoms with Crippen molar-refractivity contribution in [3.8, 4) is 6.07 Å². The molecule has 1 saturated heterocycles. The minimum absolute atomic E-state index is 0.120. The highest BCUT2D eigenvalue weighted by molar-refractivity contribution is 9.10. The van der Waals surface area contributed by atoms with E-state index in [4.69, 9.17) is 5.26 Å². The summed E-state index contributed by atoms with van der Waals surface area (Å²) in [6.45, 7) is 3.77. The molecule has 0 aromatic heterocycles. The second kappa shape index (κ2) is 6.07. The van der Waals surface area contributed by atoms with Gasteiger partial charge in [0.2, 0.25) is 0 Å². The van der Waals surface area contributed by atoms with Gasteiger partial charge in [-0.2, -0.15) is 5.26 Å². The van der Waals surface area contributed by atoms with Crippen molar-refractivity contribution in [3.05, 3.63) is 28.2 Å². The number of carbonyl (C=O) groups excluding carboxylic acids is 1. The maximum atomic E-state index is 12.1. The largest absolute Gasteiger partial charge is 0.325 e. The van der Waals surface area contributed by atoms with Crippen molar-refractivity contribution >= 4 is 27.6 Å². The molecule has 1 aliphatic heterocycles. The molecule has 2 amide bonds. The predicted molar refractivity (Wildman–Crippen MR) is 77.8 cm³/mol. The number of benzene rings is 1. The quantitative estimate of drug-likeness (QED) is 0.859. The number of hydrogen-bond donors (Lipinski definition) is 1. The van der Waals surface area contributed by atoms with Crippen LogP contribution in [0.4, 0.5) is 10.5 Å². The van der Waals surface area contributed by atoms with Gasteiger partial charge in [0.15, 0.2) is 0 Å². The van der Waals surface area contributed by atoms with Crippen LogP contribution in [-0.2, 0) is 0 Å². The Hall–Kier alpha value is -1.54. The zero-order valence-electron chi connectivity index (χ0n) is 10.8. The average molecular weight is 322 g/mol. The van der Waals surface area contributed by atoms with Gasteiger partial charge in [0.25, 0.3) is 0 Å². The summed E-state index contributed by atoms with van der Waals surface area (Å²) in [6, 6.07) is 7.23. The number of amides is 2. The second-order valence-electron chi connectivity index (χ2n) is 4.90. The Labute approximate surface area is 121 Å². The molecule has 100 valence electrons. The van der Waals surface area contributed by atoms with Crippen molar-refractivity contribution < 1.29 is 4.79 Å². The Morgan fingerprint density at radius 1 is 1.47 bits per heavy atom. The molecule has 4 nitrogen and oxygen atoms in total. The first-order valence-electron chi connectivity index (χ1n) is 6.35. The molecule has 19 heavy (non-hydrogen) atoms. The Balaban J connectivity index is 2.05. The summed E-state index contributed by atoms with van der Waals surface area (Å²) in [5.41, 5.74) is 1.03. The minimum atomic E-state index is -0.120. The van der Waals surface area contributed by atoms with E-state index in [9.17, 15) is 4.79 Å². The lowest BCUT2D eigenvalue weighted by atomic mass is 10.00. The highest BCUT2D eigenvalue weighted by Crippen LogP contribution is 2.22. The van der Waals surface area contributed by atoms with Gasteiger partial charge < -0.3 is 10.2 Å².